The summed E-state index contributed by atoms with van der Waals surface area (Å²) >= 11 is 0. The summed E-state index contributed by atoms with van der Waals surface area (Å²) in [7, 11) is 0. The monoisotopic (exact) mass is 143 g/mol. The molecule has 2 rings (SSSR count). The van der Waals surface area contributed by atoms with Crippen molar-refractivity contribution >= 4 is 0 Å². The van der Waals surface area contributed by atoms with Crippen molar-refractivity contribution < 1.29 is 16.8 Å². The standard InChI is InChI=1S/2C2H4N.Co/c2*1-2-3-1;/h2*1-2H2;/q2*-1;+2. The molecule has 0 aromatic heterocycles. The van der Waals surface area contributed by atoms with E-state index >= 15 is 0 Å². The van der Waals surface area contributed by atoms with Crippen molar-refractivity contribution in [1.82, 2.24) is 0 Å². The molecule has 2 nitrogen and oxygen atoms in total. The van der Waals surface area contributed by atoms with E-state index in [9.17, 15) is 0 Å². The topological polar surface area (TPSA) is 28.2 Å². The maximum atomic E-state index is 3.75. The summed E-state index contributed by atoms with van der Waals surface area (Å²) in [6.45, 7) is 4.50. The summed E-state index contributed by atoms with van der Waals surface area (Å²) in [6.07, 6.45) is 0. The zero-order chi connectivity index (χ0) is 4.24. The van der Waals surface area contributed by atoms with E-state index in [1.807, 2.05) is 0 Å². The van der Waals surface area contributed by atoms with Crippen molar-refractivity contribution in [3.8, 4) is 0 Å². The van der Waals surface area contributed by atoms with Crippen LogP contribution < -0.4 is 0 Å². The molecular formula is C4H8CoN2. The van der Waals surface area contributed by atoms with E-state index in [0.717, 1.165) is 26.2 Å². The van der Waals surface area contributed by atoms with E-state index in [2.05, 4.69) is 10.6 Å². The molecule has 2 aliphatic heterocycles. The first-order valence-electron chi connectivity index (χ1n) is 2.26. The fourth-order valence-corrected chi connectivity index (χ4v) is 0. The van der Waals surface area contributed by atoms with Crippen LogP contribution in [0, 0.1) is 0 Å². The van der Waals surface area contributed by atoms with Gasteiger partial charge in [-0.25, -0.2) is 0 Å². The van der Waals surface area contributed by atoms with Gasteiger partial charge in [-0.1, -0.05) is 0 Å². The van der Waals surface area contributed by atoms with Gasteiger partial charge in [0.1, 0.15) is 0 Å². The molecule has 0 aromatic carbocycles. The summed E-state index contributed by atoms with van der Waals surface area (Å²) in [5.74, 6) is 0. The molecule has 7 heavy (non-hydrogen) atoms. The molecule has 0 amide bonds. The van der Waals surface area contributed by atoms with Gasteiger partial charge >= 0.3 is 16.8 Å². The van der Waals surface area contributed by atoms with E-state index in [1.165, 1.54) is 0 Å². The van der Waals surface area contributed by atoms with Crippen LogP contribution in [0.5, 0.6) is 0 Å². The van der Waals surface area contributed by atoms with Crippen LogP contribution in [0.2, 0.25) is 0 Å². The molecule has 0 unspecified atom stereocenters. The molecule has 43 valence electrons. The molecule has 0 bridgehead atoms. The van der Waals surface area contributed by atoms with E-state index in [-0.39, 0.29) is 16.8 Å². The average Bonchev–Trinajstić information content (AvgIpc) is 2.31. The second-order valence-corrected chi connectivity index (χ2v) is 1.34. The normalized spacial score (nSPS) is 20.6. The Hall–Kier alpha value is 0.426. The van der Waals surface area contributed by atoms with Crippen LogP contribution in [0.3, 0.4) is 0 Å². The molecular weight excluding hydrogens is 135 g/mol. The van der Waals surface area contributed by atoms with Crippen LogP contribution in [-0.4, -0.2) is 26.2 Å². The van der Waals surface area contributed by atoms with Gasteiger partial charge in [-0.3, -0.25) is 0 Å². The maximum absolute atomic E-state index is 3.75. The van der Waals surface area contributed by atoms with Gasteiger partial charge in [-0.05, 0) is 0 Å². The first-order valence-corrected chi connectivity index (χ1v) is 2.26. The molecule has 1 radical (unpaired) electrons. The van der Waals surface area contributed by atoms with Gasteiger partial charge in [-0.15, -0.1) is 0 Å². The smallest absolute Gasteiger partial charge is 0.665 e. The van der Waals surface area contributed by atoms with Crippen LogP contribution in [0.4, 0.5) is 0 Å². The third kappa shape index (κ3) is 21.4. The Morgan fingerprint density at radius 3 is 0.857 bits per heavy atom. The predicted molar refractivity (Wildman–Crippen MR) is 26.2 cm³/mol. The molecule has 0 atom stereocenters. The third-order valence-electron chi connectivity index (χ3n) is 0.447. The molecule has 2 fully saturated rings. The molecule has 2 aliphatic rings. The fraction of sp³-hybridized carbons (Fsp3) is 1.00. The van der Waals surface area contributed by atoms with E-state index in [1.54, 1.807) is 0 Å². The van der Waals surface area contributed by atoms with Crippen molar-refractivity contribution in [1.29, 1.82) is 0 Å². The predicted octanol–water partition coefficient (Wildman–Crippen LogP) is 0.745. The summed E-state index contributed by atoms with van der Waals surface area (Å²) in [5.41, 5.74) is 0. The van der Waals surface area contributed by atoms with Crippen LogP contribution in [0.25, 0.3) is 10.6 Å². The van der Waals surface area contributed by atoms with Gasteiger partial charge in [0, 0.05) is 0 Å². The minimum Gasteiger partial charge on any atom is -0.665 e. The van der Waals surface area contributed by atoms with Gasteiger partial charge in [0.25, 0.3) is 0 Å². The van der Waals surface area contributed by atoms with Crippen molar-refractivity contribution in [3.05, 3.63) is 10.6 Å². The molecule has 0 aliphatic carbocycles. The number of nitrogens with zero attached hydrogens (tertiary/aromatic N) is 2. The van der Waals surface area contributed by atoms with Crippen molar-refractivity contribution in [3.63, 3.8) is 0 Å². The zero-order valence-electron chi connectivity index (χ0n) is 4.06. The van der Waals surface area contributed by atoms with Crippen LogP contribution >= 0.6 is 0 Å². The molecule has 0 aromatic rings. The fourth-order valence-electron chi connectivity index (χ4n) is 0. The molecule has 0 spiro atoms. The number of hydrogen-bond donors (Lipinski definition) is 0. The van der Waals surface area contributed by atoms with Crippen molar-refractivity contribution in [2.24, 2.45) is 0 Å². The summed E-state index contributed by atoms with van der Waals surface area (Å²) in [5, 5.41) is 7.50. The second-order valence-electron chi connectivity index (χ2n) is 1.34. The SMILES string of the molecule is C1C[N-]1.C1C[N-]1.[Co+2]. The first kappa shape index (κ1) is 7.43. The Morgan fingerprint density at radius 1 is 0.714 bits per heavy atom. The van der Waals surface area contributed by atoms with E-state index < -0.39 is 0 Å². The van der Waals surface area contributed by atoms with Gasteiger partial charge in [-0.2, -0.15) is 26.2 Å². The molecule has 2 saturated heterocycles. The summed E-state index contributed by atoms with van der Waals surface area (Å²) in [4.78, 5) is 0. The summed E-state index contributed by atoms with van der Waals surface area (Å²) < 4.78 is 0. The Morgan fingerprint density at radius 2 is 0.857 bits per heavy atom. The van der Waals surface area contributed by atoms with Crippen LogP contribution in [0.15, 0.2) is 0 Å². The zero-order valence-corrected chi connectivity index (χ0v) is 5.10. The largest absolute Gasteiger partial charge is 2.00 e. The maximum Gasteiger partial charge on any atom is 2.00 e. The number of rotatable bonds is 0. The van der Waals surface area contributed by atoms with Gasteiger partial charge in [0.15, 0.2) is 0 Å². The van der Waals surface area contributed by atoms with Gasteiger partial charge < -0.3 is 10.6 Å². The van der Waals surface area contributed by atoms with Gasteiger partial charge in [0.2, 0.25) is 0 Å². The molecule has 0 N–H and O–H groups in total. The molecule has 0 saturated carbocycles. The van der Waals surface area contributed by atoms with Crippen LogP contribution in [-0.2, 0) is 16.8 Å². The third-order valence-corrected chi connectivity index (χ3v) is 0.447. The minimum absolute atomic E-state index is 0. The van der Waals surface area contributed by atoms with Gasteiger partial charge in [0.05, 0.1) is 0 Å². The molecule has 2 heterocycles. The average molecular weight is 143 g/mol. The quantitative estimate of drug-likeness (QED) is 0.447. The van der Waals surface area contributed by atoms with Crippen molar-refractivity contribution in [2.45, 2.75) is 0 Å². The Labute approximate surface area is 54.2 Å². The number of hydrogen-bond acceptors (Lipinski definition) is 0. The molecule has 3 heteroatoms. The van der Waals surface area contributed by atoms with E-state index in [0.29, 0.717) is 0 Å². The Bertz CT molecular complexity index is 25.2. The van der Waals surface area contributed by atoms with Crippen molar-refractivity contribution in [2.75, 3.05) is 26.2 Å². The minimum atomic E-state index is 0. The van der Waals surface area contributed by atoms with E-state index in [4.69, 9.17) is 0 Å². The second kappa shape index (κ2) is 4.58. The Balaban J connectivity index is 0.0000000900. The van der Waals surface area contributed by atoms with Crippen LogP contribution in [0.1, 0.15) is 0 Å². The first-order chi connectivity index (χ1) is 3.00. The Kier molecular flexibility index (Phi) is 4.86. The summed E-state index contributed by atoms with van der Waals surface area (Å²) in [6, 6.07) is 0.